The number of pyridine rings is 1. The Balaban J connectivity index is 1.97. The van der Waals surface area contributed by atoms with Gasteiger partial charge in [-0.1, -0.05) is 24.3 Å². The highest BCUT2D eigenvalue weighted by atomic mass is 19.4. The number of benzene rings is 1. The van der Waals surface area contributed by atoms with Gasteiger partial charge in [0.25, 0.3) is 5.91 Å². The summed E-state index contributed by atoms with van der Waals surface area (Å²) in [5.74, 6) is -0.892. The molecule has 26 heavy (non-hydrogen) atoms. The maximum atomic E-state index is 12.3. The van der Waals surface area contributed by atoms with Crippen molar-refractivity contribution in [3.8, 4) is 5.88 Å². The van der Waals surface area contributed by atoms with E-state index in [-0.39, 0.29) is 18.0 Å². The van der Waals surface area contributed by atoms with Crippen LogP contribution in [0, 0.1) is 0 Å². The third-order valence-corrected chi connectivity index (χ3v) is 3.36. The van der Waals surface area contributed by atoms with Gasteiger partial charge in [-0.15, -0.1) is 0 Å². The summed E-state index contributed by atoms with van der Waals surface area (Å²) < 4.78 is 41.5. The predicted octanol–water partition coefficient (Wildman–Crippen LogP) is 3.01. The van der Waals surface area contributed by atoms with Crippen LogP contribution in [0.3, 0.4) is 0 Å². The van der Waals surface area contributed by atoms with Gasteiger partial charge in [0.2, 0.25) is 5.88 Å². The molecule has 1 aromatic carbocycles. The molecule has 0 saturated heterocycles. The van der Waals surface area contributed by atoms with Crippen LogP contribution in [-0.4, -0.2) is 42.7 Å². The minimum absolute atomic E-state index is 0.0408. The van der Waals surface area contributed by atoms with E-state index >= 15 is 0 Å². The molecule has 8 heteroatoms. The van der Waals surface area contributed by atoms with Crippen LogP contribution < -0.4 is 10.1 Å². The second-order valence-electron chi connectivity index (χ2n) is 6.00. The van der Waals surface area contributed by atoms with E-state index in [1.165, 1.54) is 18.3 Å². The first-order chi connectivity index (χ1) is 12.2. The van der Waals surface area contributed by atoms with E-state index in [1.807, 2.05) is 43.3 Å². The standard InChI is InChI=1S/C18H20F3N3O2/c1-24(2)11-14-7-5-13(6-8-14)10-23-16(25)15-4-3-9-22-17(15)26-12-18(19,20)21/h3-9H,10-12H2,1-2H3,(H,23,25). The number of carbonyl (C=O) groups excluding carboxylic acids is 1. The Hall–Kier alpha value is -2.61. The Kier molecular flexibility index (Phi) is 6.57. The molecule has 2 rings (SSSR count). The number of halogens is 3. The Bertz CT molecular complexity index is 731. The highest BCUT2D eigenvalue weighted by Gasteiger charge is 2.29. The average Bonchev–Trinajstić information content (AvgIpc) is 2.58. The molecule has 1 amide bonds. The third kappa shape index (κ3) is 6.36. The summed E-state index contributed by atoms with van der Waals surface area (Å²) in [6.45, 7) is -0.450. The summed E-state index contributed by atoms with van der Waals surface area (Å²) in [6, 6.07) is 10.5. The fourth-order valence-corrected chi connectivity index (χ4v) is 2.23. The van der Waals surface area contributed by atoms with Gasteiger partial charge in [-0.3, -0.25) is 4.79 Å². The Morgan fingerprint density at radius 1 is 1.15 bits per heavy atom. The Morgan fingerprint density at radius 2 is 1.81 bits per heavy atom. The lowest BCUT2D eigenvalue weighted by Gasteiger charge is -2.12. The van der Waals surface area contributed by atoms with Crippen molar-refractivity contribution in [2.75, 3.05) is 20.7 Å². The number of carbonyl (C=O) groups is 1. The van der Waals surface area contributed by atoms with Crippen molar-refractivity contribution in [1.29, 1.82) is 0 Å². The Morgan fingerprint density at radius 3 is 2.42 bits per heavy atom. The number of nitrogens with zero attached hydrogens (tertiary/aromatic N) is 2. The summed E-state index contributed by atoms with van der Waals surface area (Å²) in [4.78, 5) is 18.0. The lowest BCUT2D eigenvalue weighted by Crippen LogP contribution is -2.25. The van der Waals surface area contributed by atoms with Crippen molar-refractivity contribution < 1.29 is 22.7 Å². The predicted molar refractivity (Wildman–Crippen MR) is 90.8 cm³/mol. The molecule has 1 aromatic heterocycles. The van der Waals surface area contributed by atoms with Crippen molar-refractivity contribution in [2.24, 2.45) is 0 Å². The van der Waals surface area contributed by atoms with Crippen LogP contribution in [0.25, 0.3) is 0 Å². The normalized spacial score (nSPS) is 11.5. The first-order valence-electron chi connectivity index (χ1n) is 7.90. The molecule has 0 radical (unpaired) electrons. The number of rotatable bonds is 7. The maximum Gasteiger partial charge on any atom is 0.422 e. The van der Waals surface area contributed by atoms with Gasteiger partial charge in [0.15, 0.2) is 6.61 Å². The number of alkyl halides is 3. The molecule has 0 bridgehead atoms. The molecule has 5 nitrogen and oxygen atoms in total. The quantitative estimate of drug-likeness (QED) is 0.817. The van der Waals surface area contributed by atoms with Crippen molar-refractivity contribution >= 4 is 5.91 Å². The van der Waals surface area contributed by atoms with E-state index in [4.69, 9.17) is 0 Å². The maximum absolute atomic E-state index is 12.3. The van der Waals surface area contributed by atoms with Crippen LogP contribution in [0.5, 0.6) is 5.88 Å². The van der Waals surface area contributed by atoms with E-state index in [2.05, 4.69) is 15.0 Å². The van der Waals surface area contributed by atoms with Gasteiger partial charge in [0, 0.05) is 19.3 Å². The molecule has 0 aliphatic rings. The Labute approximate surface area is 149 Å². The van der Waals surface area contributed by atoms with Gasteiger partial charge >= 0.3 is 6.18 Å². The van der Waals surface area contributed by atoms with E-state index in [9.17, 15) is 18.0 Å². The molecule has 0 spiro atoms. The van der Waals surface area contributed by atoms with E-state index in [0.29, 0.717) is 0 Å². The first-order valence-corrected chi connectivity index (χ1v) is 7.90. The molecule has 0 aliphatic carbocycles. The summed E-state index contributed by atoms with van der Waals surface area (Å²) in [5, 5.41) is 2.66. The lowest BCUT2D eigenvalue weighted by molar-refractivity contribution is -0.154. The van der Waals surface area contributed by atoms with Crippen LogP contribution in [-0.2, 0) is 13.1 Å². The average molecular weight is 367 g/mol. The number of ether oxygens (including phenoxy) is 1. The highest BCUT2D eigenvalue weighted by Crippen LogP contribution is 2.20. The van der Waals surface area contributed by atoms with Gasteiger partial charge in [-0.05, 0) is 37.4 Å². The third-order valence-electron chi connectivity index (χ3n) is 3.36. The van der Waals surface area contributed by atoms with Crippen molar-refractivity contribution in [3.63, 3.8) is 0 Å². The van der Waals surface area contributed by atoms with Gasteiger partial charge in [-0.25, -0.2) is 4.98 Å². The molecule has 0 saturated carbocycles. The number of hydrogen-bond donors (Lipinski definition) is 1. The first kappa shape index (κ1) is 19.7. The highest BCUT2D eigenvalue weighted by molar-refractivity contribution is 5.96. The smallest absolute Gasteiger partial charge is 0.422 e. The van der Waals surface area contributed by atoms with Gasteiger partial charge < -0.3 is 15.0 Å². The molecule has 0 atom stereocenters. The zero-order valence-corrected chi connectivity index (χ0v) is 14.5. The molecule has 0 aliphatic heterocycles. The molecule has 0 unspecified atom stereocenters. The van der Waals surface area contributed by atoms with E-state index < -0.39 is 18.7 Å². The second-order valence-corrected chi connectivity index (χ2v) is 6.00. The molecule has 2 aromatic rings. The minimum atomic E-state index is -4.50. The number of nitrogens with one attached hydrogen (secondary N) is 1. The molecule has 140 valence electrons. The summed E-state index contributed by atoms with van der Waals surface area (Å²) in [5.41, 5.74) is 1.98. The van der Waals surface area contributed by atoms with E-state index in [1.54, 1.807) is 0 Å². The number of amides is 1. The monoisotopic (exact) mass is 367 g/mol. The zero-order valence-electron chi connectivity index (χ0n) is 14.5. The number of hydrogen-bond acceptors (Lipinski definition) is 4. The largest absolute Gasteiger partial charge is 0.467 e. The fraction of sp³-hybridized carbons (Fsp3) is 0.333. The molecule has 0 fully saturated rings. The topological polar surface area (TPSA) is 54.5 Å². The molecule has 1 heterocycles. The van der Waals surface area contributed by atoms with Crippen molar-refractivity contribution in [2.45, 2.75) is 19.3 Å². The summed E-state index contributed by atoms with van der Waals surface area (Å²) in [7, 11) is 3.95. The van der Waals surface area contributed by atoms with E-state index in [0.717, 1.165) is 17.7 Å². The minimum Gasteiger partial charge on any atom is -0.467 e. The van der Waals surface area contributed by atoms with Crippen molar-refractivity contribution in [1.82, 2.24) is 15.2 Å². The van der Waals surface area contributed by atoms with Crippen LogP contribution in [0.15, 0.2) is 42.6 Å². The SMILES string of the molecule is CN(C)Cc1ccc(CNC(=O)c2cccnc2OCC(F)(F)F)cc1. The summed E-state index contributed by atoms with van der Waals surface area (Å²) in [6.07, 6.45) is -3.23. The van der Waals surface area contributed by atoms with Crippen LogP contribution in [0.2, 0.25) is 0 Å². The lowest BCUT2D eigenvalue weighted by atomic mass is 10.1. The van der Waals surface area contributed by atoms with Gasteiger partial charge in [0.1, 0.15) is 5.56 Å². The second kappa shape index (κ2) is 8.66. The van der Waals surface area contributed by atoms with Crippen LogP contribution in [0.1, 0.15) is 21.5 Å². The summed E-state index contributed by atoms with van der Waals surface area (Å²) >= 11 is 0. The van der Waals surface area contributed by atoms with Crippen LogP contribution >= 0.6 is 0 Å². The molecular weight excluding hydrogens is 347 g/mol. The number of aromatic nitrogens is 1. The van der Waals surface area contributed by atoms with Crippen molar-refractivity contribution in [3.05, 3.63) is 59.3 Å². The van der Waals surface area contributed by atoms with Gasteiger partial charge in [0.05, 0.1) is 0 Å². The fourth-order valence-electron chi connectivity index (χ4n) is 2.23. The molecule has 1 N–H and O–H groups in total. The zero-order chi connectivity index (χ0) is 19.2. The van der Waals surface area contributed by atoms with Crippen LogP contribution in [0.4, 0.5) is 13.2 Å². The van der Waals surface area contributed by atoms with Gasteiger partial charge in [-0.2, -0.15) is 13.2 Å². The molecular formula is C18H20F3N3O2.